The smallest absolute Gasteiger partial charge is 0.240 e. The van der Waals surface area contributed by atoms with E-state index < -0.39 is 6.04 Å². The number of anilines is 1. The lowest BCUT2D eigenvalue weighted by molar-refractivity contribution is -0.117. The summed E-state index contributed by atoms with van der Waals surface area (Å²) in [7, 11) is 0. The Balaban J connectivity index is 0.00000261. The van der Waals surface area contributed by atoms with E-state index in [4.69, 9.17) is 5.73 Å². The summed E-state index contributed by atoms with van der Waals surface area (Å²) in [4.78, 5) is 16.6. The van der Waals surface area contributed by atoms with Crippen molar-refractivity contribution in [3.63, 3.8) is 0 Å². The van der Waals surface area contributed by atoms with Crippen LogP contribution < -0.4 is 11.1 Å². The van der Waals surface area contributed by atoms with E-state index in [1.54, 1.807) is 6.92 Å². The molecule has 1 heterocycles. The first-order valence-corrected chi connectivity index (χ1v) is 9.24. The first-order chi connectivity index (χ1) is 12.6. The first-order valence-electron chi connectivity index (χ1n) is 9.24. The molecule has 0 aliphatic carbocycles. The number of piperazine rings is 1. The highest BCUT2D eigenvalue weighted by atomic mass is 35.5. The molecule has 3 N–H and O–H groups in total. The van der Waals surface area contributed by atoms with E-state index in [1.165, 1.54) is 11.1 Å². The molecular weight excluding hydrogens is 431 g/mol. The number of rotatable bonds is 6. The minimum Gasteiger partial charge on any atom is -0.325 e. The van der Waals surface area contributed by atoms with Crippen molar-refractivity contribution >= 4 is 48.8 Å². The molecule has 0 unspecified atom stereocenters. The molecule has 0 bridgehead atoms. The summed E-state index contributed by atoms with van der Waals surface area (Å²) in [5.41, 5.74) is 9.01. The highest BCUT2D eigenvalue weighted by Gasteiger charge is 2.17. The molecule has 162 valence electrons. The number of benzene rings is 2. The van der Waals surface area contributed by atoms with Crippen molar-refractivity contribution in [1.82, 2.24) is 9.80 Å². The summed E-state index contributed by atoms with van der Waals surface area (Å²) >= 11 is 0. The summed E-state index contributed by atoms with van der Waals surface area (Å²) in [5.74, 6) is -0.160. The molecule has 0 aromatic heterocycles. The molecule has 5 nitrogen and oxygen atoms in total. The lowest BCUT2D eigenvalue weighted by atomic mass is 10.1. The average Bonchev–Trinajstić information content (AvgIpc) is 2.66. The van der Waals surface area contributed by atoms with E-state index in [9.17, 15) is 4.79 Å². The highest BCUT2D eigenvalue weighted by molar-refractivity contribution is 5.94. The topological polar surface area (TPSA) is 61.6 Å². The molecule has 1 fully saturated rings. The third-order valence-corrected chi connectivity index (χ3v) is 4.76. The number of amides is 1. The van der Waals surface area contributed by atoms with Crippen LogP contribution in [0.25, 0.3) is 0 Å². The van der Waals surface area contributed by atoms with Gasteiger partial charge in [-0.15, -0.1) is 37.2 Å². The van der Waals surface area contributed by atoms with Crippen LogP contribution in [0.5, 0.6) is 0 Å². The molecule has 0 saturated carbocycles. The molecule has 1 amide bonds. The Hall–Kier alpha value is -1.34. The minimum atomic E-state index is -0.498. The van der Waals surface area contributed by atoms with Gasteiger partial charge in [0.25, 0.3) is 0 Å². The SMILES string of the molecule is C[C@@H](N)C(=O)Nc1ccc(CN2CCN(Cc3ccccc3)CC2)cc1.Cl.Cl.Cl. The number of carbonyl (C=O) groups is 1. The summed E-state index contributed by atoms with van der Waals surface area (Å²) in [6.07, 6.45) is 0. The zero-order valence-electron chi connectivity index (χ0n) is 16.6. The van der Waals surface area contributed by atoms with Crippen molar-refractivity contribution in [1.29, 1.82) is 0 Å². The fraction of sp³-hybridized carbons (Fsp3) is 0.381. The Morgan fingerprint density at radius 1 is 0.862 bits per heavy atom. The predicted octanol–water partition coefficient (Wildman–Crippen LogP) is 3.56. The number of hydrogen-bond donors (Lipinski definition) is 2. The summed E-state index contributed by atoms with van der Waals surface area (Å²) < 4.78 is 0. The molecule has 2 aromatic carbocycles. The number of nitrogens with zero attached hydrogens (tertiary/aromatic N) is 2. The normalized spacial score (nSPS) is 15.2. The fourth-order valence-corrected chi connectivity index (χ4v) is 3.15. The van der Waals surface area contributed by atoms with E-state index in [1.807, 2.05) is 12.1 Å². The summed E-state index contributed by atoms with van der Waals surface area (Å²) in [6.45, 7) is 8.01. The van der Waals surface area contributed by atoms with E-state index >= 15 is 0 Å². The highest BCUT2D eigenvalue weighted by Crippen LogP contribution is 2.14. The van der Waals surface area contributed by atoms with Gasteiger partial charge in [-0.25, -0.2) is 0 Å². The van der Waals surface area contributed by atoms with Crippen molar-refractivity contribution < 1.29 is 4.79 Å². The van der Waals surface area contributed by atoms with Crippen LogP contribution in [-0.4, -0.2) is 47.9 Å². The van der Waals surface area contributed by atoms with Crippen LogP contribution in [0.2, 0.25) is 0 Å². The van der Waals surface area contributed by atoms with Crippen LogP contribution in [0.15, 0.2) is 54.6 Å². The maximum absolute atomic E-state index is 11.6. The Kier molecular flexibility index (Phi) is 13.2. The van der Waals surface area contributed by atoms with Gasteiger partial charge in [0.1, 0.15) is 0 Å². The lowest BCUT2D eigenvalue weighted by Crippen LogP contribution is -2.45. The third kappa shape index (κ3) is 8.91. The van der Waals surface area contributed by atoms with Crippen LogP contribution in [0, 0.1) is 0 Å². The number of nitrogens with one attached hydrogen (secondary N) is 1. The average molecular weight is 462 g/mol. The maximum Gasteiger partial charge on any atom is 0.240 e. The van der Waals surface area contributed by atoms with Crippen LogP contribution in [0.3, 0.4) is 0 Å². The van der Waals surface area contributed by atoms with Crippen LogP contribution >= 0.6 is 37.2 Å². The van der Waals surface area contributed by atoms with E-state index in [-0.39, 0.29) is 43.1 Å². The van der Waals surface area contributed by atoms with E-state index in [0.717, 1.165) is 45.0 Å². The first kappa shape index (κ1) is 27.7. The number of carbonyl (C=O) groups excluding carboxylic acids is 1. The zero-order chi connectivity index (χ0) is 18.4. The van der Waals surface area contributed by atoms with Gasteiger partial charge in [-0.05, 0) is 30.2 Å². The van der Waals surface area contributed by atoms with Gasteiger partial charge in [-0.1, -0.05) is 42.5 Å². The van der Waals surface area contributed by atoms with E-state index in [2.05, 4.69) is 57.6 Å². The Morgan fingerprint density at radius 3 is 1.76 bits per heavy atom. The molecule has 1 aliphatic rings. The van der Waals surface area contributed by atoms with Crippen LogP contribution in [0.4, 0.5) is 5.69 Å². The second-order valence-corrected chi connectivity index (χ2v) is 7.01. The minimum absolute atomic E-state index is 0. The largest absolute Gasteiger partial charge is 0.325 e. The number of halogens is 3. The molecule has 2 aromatic rings. The molecule has 1 saturated heterocycles. The fourth-order valence-electron chi connectivity index (χ4n) is 3.15. The third-order valence-electron chi connectivity index (χ3n) is 4.76. The summed E-state index contributed by atoms with van der Waals surface area (Å²) in [5, 5.41) is 2.82. The van der Waals surface area contributed by atoms with Crippen molar-refractivity contribution in [3.8, 4) is 0 Å². The maximum atomic E-state index is 11.6. The number of nitrogens with two attached hydrogens (primary N) is 1. The van der Waals surface area contributed by atoms with Crippen molar-refractivity contribution in [2.24, 2.45) is 5.73 Å². The van der Waals surface area contributed by atoms with Gasteiger partial charge in [-0.2, -0.15) is 0 Å². The molecule has 29 heavy (non-hydrogen) atoms. The van der Waals surface area contributed by atoms with E-state index in [0.29, 0.717) is 0 Å². The van der Waals surface area contributed by atoms with Crippen LogP contribution in [0.1, 0.15) is 18.1 Å². The van der Waals surface area contributed by atoms with Crippen molar-refractivity contribution in [2.45, 2.75) is 26.1 Å². The molecule has 0 radical (unpaired) electrons. The van der Waals surface area contributed by atoms with Gasteiger partial charge in [-0.3, -0.25) is 14.6 Å². The van der Waals surface area contributed by atoms with Gasteiger partial charge in [0, 0.05) is 45.0 Å². The number of hydrogen-bond acceptors (Lipinski definition) is 4. The molecule has 0 spiro atoms. The Labute approximate surface area is 192 Å². The van der Waals surface area contributed by atoms with Crippen LogP contribution in [-0.2, 0) is 17.9 Å². The van der Waals surface area contributed by atoms with Gasteiger partial charge in [0.15, 0.2) is 0 Å². The predicted molar refractivity (Wildman–Crippen MR) is 127 cm³/mol. The Morgan fingerprint density at radius 2 is 1.31 bits per heavy atom. The van der Waals surface area contributed by atoms with Gasteiger partial charge in [0.2, 0.25) is 5.91 Å². The molecular formula is C21H31Cl3N4O. The molecule has 1 aliphatic heterocycles. The monoisotopic (exact) mass is 460 g/mol. The zero-order valence-corrected chi connectivity index (χ0v) is 19.1. The van der Waals surface area contributed by atoms with Crippen molar-refractivity contribution in [2.75, 3.05) is 31.5 Å². The van der Waals surface area contributed by atoms with Gasteiger partial charge >= 0.3 is 0 Å². The Bertz CT molecular complexity index is 706. The standard InChI is InChI=1S/C21H28N4O.3ClH/c1-17(22)21(26)23-20-9-7-19(8-10-20)16-25-13-11-24(12-14-25)15-18-5-3-2-4-6-18;;;/h2-10,17H,11-16,22H2,1H3,(H,23,26);3*1H/t17-;;;/m1.../s1. The van der Waals surface area contributed by atoms with Gasteiger partial charge < -0.3 is 11.1 Å². The lowest BCUT2D eigenvalue weighted by Gasteiger charge is -2.34. The molecule has 3 rings (SSSR count). The molecule has 1 atom stereocenters. The molecule has 8 heteroatoms. The second-order valence-electron chi connectivity index (χ2n) is 7.01. The van der Waals surface area contributed by atoms with Crippen molar-refractivity contribution in [3.05, 3.63) is 65.7 Å². The summed E-state index contributed by atoms with van der Waals surface area (Å²) in [6, 6.07) is 18.2. The van der Waals surface area contributed by atoms with Gasteiger partial charge in [0.05, 0.1) is 6.04 Å². The quantitative estimate of drug-likeness (QED) is 0.690. The second kappa shape index (κ2) is 13.8.